The van der Waals surface area contributed by atoms with Gasteiger partial charge in [0.1, 0.15) is 0 Å². The third kappa shape index (κ3) is 2.62. The number of thioether (sulfide) groups is 1. The van der Waals surface area contributed by atoms with Crippen molar-refractivity contribution in [2.75, 3.05) is 6.54 Å². The van der Waals surface area contributed by atoms with E-state index in [2.05, 4.69) is 24.3 Å². The van der Waals surface area contributed by atoms with E-state index in [1.807, 2.05) is 4.90 Å². The number of hydrogen-bond donors (Lipinski definition) is 0. The first-order valence-electron chi connectivity index (χ1n) is 7.19. The van der Waals surface area contributed by atoms with E-state index in [1.54, 1.807) is 6.92 Å². The molecule has 1 amide bonds. The fourth-order valence-corrected chi connectivity index (χ4v) is 4.29. The van der Waals surface area contributed by atoms with Gasteiger partial charge in [0.25, 0.3) is 0 Å². The van der Waals surface area contributed by atoms with Gasteiger partial charge in [0.05, 0.1) is 6.04 Å². The molecule has 1 heterocycles. The molecule has 1 unspecified atom stereocenters. The summed E-state index contributed by atoms with van der Waals surface area (Å²) in [5.74, 6) is 0.199. The molecule has 1 saturated heterocycles. The Morgan fingerprint density at radius 3 is 2.95 bits per heavy atom. The minimum atomic E-state index is 0.105. The molecule has 2 atom stereocenters. The molecule has 1 aliphatic heterocycles. The highest BCUT2D eigenvalue weighted by molar-refractivity contribution is 8.14. The Morgan fingerprint density at radius 1 is 1.35 bits per heavy atom. The highest BCUT2D eigenvalue weighted by atomic mass is 32.2. The molecule has 106 valence electrons. The monoisotopic (exact) mass is 289 g/mol. The number of likely N-dealkylation sites (tertiary alicyclic amines) is 1. The van der Waals surface area contributed by atoms with Gasteiger partial charge < -0.3 is 4.90 Å². The third-order valence-corrected chi connectivity index (χ3v) is 5.15. The van der Waals surface area contributed by atoms with E-state index in [4.69, 9.17) is 0 Å². The summed E-state index contributed by atoms with van der Waals surface area (Å²) in [4.78, 5) is 25.5. The molecule has 0 N–H and O–H groups in total. The van der Waals surface area contributed by atoms with Crippen molar-refractivity contribution in [1.29, 1.82) is 0 Å². The second-order valence-electron chi connectivity index (χ2n) is 5.59. The average molecular weight is 289 g/mol. The molecule has 1 aliphatic carbocycles. The molecular formula is C16H19NO2S. The number of carbonyl (C=O) groups is 2. The highest BCUT2D eigenvalue weighted by Gasteiger charge is 2.37. The van der Waals surface area contributed by atoms with E-state index in [9.17, 15) is 9.59 Å². The molecule has 1 fully saturated rings. The summed E-state index contributed by atoms with van der Waals surface area (Å²) in [5, 5.41) is 0.239. The number of hydrogen-bond acceptors (Lipinski definition) is 3. The molecule has 20 heavy (non-hydrogen) atoms. The van der Waals surface area contributed by atoms with Crippen LogP contribution in [0, 0.1) is 0 Å². The molecule has 2 aliphatic rings. The second-order valence-corrected chi connectivity index (χ2v) is 7.07. The van der Waals surface area contributed by atoms with Gasteiger partial charge in [0, 0.05) is 25.1 Å². The van der Waals surface area contributed by atoms with Crippen molar-refractivity contribution >= 4 is 22.8 Å². The van der Waals surface area contributed by atoms with Crippen LogP contribution in [0.25, 0.3) is 0 Å². The van der Waals surface area contributed by atoms with Crippen LogP contribution < -0.4 is 0 Å². The maximum Gasteiger partial charge on any atom is 0.224 e. The third-order valence-electron chi connectivity index (χ3n) is 4.17. The van der Waals surface area contributed by atoms with Crippen molar-refractivity contribution in [2.24, 2.45) is 0 Å². The number of nitrogens with zero attached hydrogens (tertiary/aromatic N) is 1. The van der Waals surface area contributed by atoms with Gasteiger partial charge in [0.15, 0.2) is 5.12 Å². The molecule has 0 radical (unpaired) electrons. The molecule has 3 nitrogen and oxygen atoms in total. The van der Waals surface area contributed by atoms with Gasteiger partial charge in [-0.15, -0.1) is 0 Å². The lowest BCUT2D eigenvalue weighted by molar-refractivity contribution is -0.130. The van der Waals surface area contributed by atoms with Crippen LogP contribution in [0.1, 0.15) is 43.4 Å². The lowest BCUT2D eigenvalue weighted by Gasteiger charge is -2.33. The molecular weight excluding hydrogens is 270 g/mol. The van der Waals surface area contributed by atoms with Gasteiger partial charge in [-0.05, 0) is 30.4 Å². The Bertz CT molecular complexity index is 543. The predicted octanol–water partition coefficient (Wildman–Crippen LogP) is 2.94. The van der Waals surface area contributed by atoms with Crippen LogP contribution in [0.2, 0.25) is 0 Å². The number of benzene rings is 1. The summed E-state index contributed by atoms with van der Waals surface area (Å²) in [6, 6.07) is 8.66. The zero-order valence-corrected chi connectivity index (χ0v) is 12.5. The van der Waals surface area contributed by atoms with E-state index in [0.29, 0.717) is 13.0 Å². The average Bonchev–Trinajstić information content (AvgIpc) is 2.78. The van der Waals surface area contributed by atoms with Crippen molar-refractivity contribution in [3.63, 3.8) is 0 Å². The quantitative estimate of drug-likeness (QED) is 0.840. The SMILES string of the molecule is CC(=O)SC1CC(=O)N([C@H]2CCCc3ccccc32)C1. The van der Waals surface area contributed by atoms with Crippen molar-refractivity contribution < 1.29 is 9.59 Å². The van der Waals surface area contributed by atoms with Gasteiger partial charge in [-0.2, -0.15) is 0 Å². The lowest BCUT2D eigenvalue weighted by Crippen LogP contribution is -2.32. The molecule has 1 aromatic rings. The first-order valence-corrected chi connectivity index (χ1v) is 8.07. The predicted molar refractivity (Wildman–Crippen MR) is 80.5 cm³/mol. The smallest absolute Gasteiger partial charge is 0.224 e. The Kier molecular flexibility index (Phi) is 3.83. The number of rotatable bonds is 2. The van der Waals surface area contributed by atoms with Gasteiger partial charge >= 0.3 is 0 Å². The van der Waals surface area contributed by atoms with Crippen molar-refractivity contribution in [1.82, 2.24) is 4.90 Å². The minimum Gasteiger partial charge on any atom is -0.334 e. The Balaban J connectivity index is 1.80. The summed E-state index contributed by atoms with van der Waals surface area (Å²) < 4.78 is 0. The number of aryl methyl sites for hydroxylation is 1. The van der Waals surface area contributed by atoms with Gasteiger partial charge in [-0.25, -0.2) is 0 Å². The zero-order chi connectivity index (χ0) is 14.1. The fourth-order valence-electron chi connectivity index (χ4n) is 3.36. The Labute approximate surface area is 123 Å². The summed E-state index contributed by atoms with van der Waals surface area (Å²) in [6.07, 6.45) is 3.79. The minimum absolute atomic E-state index is 0.105. The molecule has 3 rings (SSSR count). The molecule has 0 bridgehead atoms. The molecule has 0 spiro atoms. The van der Waals surface area contributed by atoms with Crippen LogP contribution in [-0.4, -0.2) is 27.7 Å². The fraction of sp³-hybridized carbons (Fsp3) is 0.500. The zero-order valence-electron chi connectivity index (χ0n) is 11.7. The summed E-state index contributed by atoms with van der Waals surface area (Å²) >= 11 is 1.31. The maximum atomic E-state index is 12.3. The first kappa shape index (κ1) is 13.7. The van der Waals surface area contributed by atoms with Crippen molar-refractivity contribution in [2.45, 2.75) is 43.9 Å². The van der Waals surface area contributed by atoms with Crippen LogP contribution in [0.5, 0.6) is 0 Å². The number of amides is 1. The van der Waals surface area contributed by atoms with Crippen molar-refractivity contribution in [3.05, 3.63) is 35.4 Å². The maximum absolute atomic E-state index is 12.3. The molecule has 1 aromatic carbocycles. The van der Waals surface area contributed by atoms with Crippen LogP contribution >= 0.6 is 11.8 Å². The summed E-state index contributed by atoms with van der Waals surface area (Å²) in [5.41, 5.74) is 2.68. The van der Waals surface area contributed by atoms with Crippen LogP contribution in [0.3, 0.4) is 0 Å². The molecule has 0 saturated carbocycles. The topological polar surface area (TPSA) is 37.4 Å². The highest BCUT2D eigenvalue weighted by Crippen LogP contribution is 2.38. The van der Waals surface area contributed by atoms with Gasteiger partial charge in [0.2, 0.25) is 5.91 Å². The Morgan fingerprint density at radius 2 is 2.15 bits per heavy atom. The molecule has 0 aromatic heterocycles. The lowest BCUT2D eigenvalue weighted by atomic mass is 9.87. The van der Waals surface area contributed by atoms with Gasteiger partial charge in [-0.3, -0.25) is 9.59 Å². The molecule has 4 heteroatoms. The van der Waals surface area contributed by atoms with Crippen LogP contribution in [-0.2, 0) is 16.0 Å². The number of carbonyl (C=O) groups excluding carboxylic acids is 2. The van der Waals surface area contributed by atoms with E-state index in [-0.39, 0.29) is 22.3 Å². The Hall–Kier alpha value is -1.29. The summed E-state index contributed by atoms with van der Waals surface area (Å²) in [7, 11) is 0. The number of fused-ring (bicyclic) bond motifs is 1. The van der Waals surface area contributed by atoms with E-state index in [0.717, 1.165) is 19.3 Å². The van der Waals surface area contributed by atoms with E-state index >= 15 is 0 Å². The first-order chi connectivity index (χ1) is 9.65. The van der Waals surface area contributed by atoms with Gasteiger partial charge in [-0.1, -0.05) is 36.0 Å². The normalized spacial score (nSPS) is 25.6. The largest absolute Gasteiger partial charge is 0.334 e. The van der Waals surface area contributed by atoms with Crippen molar-refractivity contribution in [3.8, 4) is 0 Å². The van der Waals surface area contributed by atoms with Crippen LogP contribution in [0.4, 0.5) is 0 Å². The standard InChI is InChI=1S/C16H19NO2S/c1-11(18)20-13-9-16(19)17(10-13)15-8-4-6-12-5-2-3-7-14(12)15/h2-3,5,7,13,15H,4,6,8-10H2,1H3/t13?,15-/m0/s1. The second kappa shape index (κ2) is 5.60. The summed E-state index contributed by atoms with van der Waals surface area (Å²) in [6.45, 7) is 2.29. The van der Waals surface area contributed by atoms with E-state index in [1.165, 1.54) is 22.9 Å². The van der Waals surface area contributed by atoms with E-state index < -0.39 is 0 Å². The van der Waals surface area contributed by atoms with Crippen LogP contribution in [0.15, 0.2) is 24.3 Å².